The smallest absolute Gasteiger partial charge is 0.164 e. The van der Waals surface area contributed by atoms with E-state index in [1.807, 2.05) is 60.7 Å². The molecular weight excluding hydrogens is 683 g/mol. The SMILES string of the molecule is CC1(C)c2cc3[nH]c4ccccc4c3cc2C(C)(C)c2cc3c(cc21)c1ccccc1n3-c1cccc(-c2nc(-c3ccccc3)nc(-c3ccccc3)n2)c1. The summed E-state index contributed by atoms with van der Waals surface area (Å²) in [5.74, 6) is 1.94. The third kappa shape index (κ3) is 4.77. The summed E-state index contributed by atoms with van der Waals surface area (Å²) in [6.07, 6.45) is 0. The first-order valence-corrected chi connectivity index (χ1v) is 19.4. The van der Waals surface area contributed by atoms with Gasteiger partial charge in [-0.05, 0) is 70.8 Å². The summed E-state index contributed by atoms with van der Waals surface area (Å²) in [6, 6.07) is 56.2. The molecular formula is C51H39N5. The van der Waals surface area contributed by atoms with Crippen molar-refractivity contribution in [1.29, 1.82) is 0 Å². The molecule has 1 aliphatic carbocycles. The predicted octanol–water partition coefficient (Wildman–Crippen LogP) is 12.6. The van der Waals surface area contributed by atoms with Crippen LogP contribution in [0.5, 0.6) is 0 Å². The maximum atomic E-state index is 5.06. The van der Waals surface area contributed by atoms with E-state index in [0.717, 1.165) is 22.4 Å². The van der Waals surface area contributed by atoms with Crippen molar-refractivity contribution in [3.05, 3.63) is 180 Å². The van der Waals surface area contributed by atoms with Crippen molar-refractivity contribution < 1.29 is 0 Å². The molecule has 7 aromatic carbocycles. The maximum absolute atomic E-state index is 5.06. The molecule has 56 heavy (non-hydrogen) atoms. The molecule has 0 aliphatic heterocycles. The van der Waals surface area contributed by atoms with Gasteiger partial charge < -0.3 is 9.55 Å². The van der Waals surface area contributed by atoms with Gasteiger partial charge in [-0.2, -0.15) is 0 Å². The van der Waals surface area contributed by atoms with E-state index >= 15 is 0 Å². The number of nitrogens with one attached hydrogen (secondary N) is 1. The average Bonchev–Trinajstić information content (AvgIpc) is 3.78. The van der Waals surface area contributed by atoms with Gasteiger partial charge in [-0.3, -0.25) is 0 Å². The van der Waals surface area contributed by atoms with E-state index in [-0.39, 0.29) is 10.8 Å². The summed E-state index contributed by atoms with van der Waals surface area (Å²) in [6.45, 7) is 9.58. The molecule has 5 nitrogen and oxygen atoms in total. The molecule has 0 fully saturated rings. The number of para-hydroxylation sites is 2. The van der Waals surface area contributed by atoms with Crippen LogP contribution in [-0.4, -0.2) is 24.5 Å². The Hall–Kier alpha value is -6.85. The van der Waals surface area contributed by atoms with Crippen LogP contribution in [-0.2, 0) is 10.8 Å². The molecule has 1 N–H and O–H groups in total. The summed E-state index contributed by atoms with van der Waals surface area (Å²) in [4.78, 5) is 18.8. The number of H-pyrrole nitrogens is 1. The number of nitrogens with zero attached hydrogens (tertiary/aromatic N) is 4. The van der Waals surface area contributed by atoms with Gasteiger partial charge in [0.15, 0.2) is 17.5 Å². The molecule has 3 aromatic heterocycles. The number of aromatic amines is 1. The third-order valence-corrected chi connectivity index (χ3v) is 12.2. The molecule has 0 radical (unpaired) electrons. The highest BCUT2D eigenvalue weighted by molar-refractivity contribution is 6.11. The van der Waals surface area contributed by atoms with Gasteiger partial charge in [-0.1, -0.05) is 137 Å². The molecule has 11 rings (SSSR count). The number of hydrogen-bond acceptors (Lipinski definition) is 3. The van der Waals surface area contributed by atoms with E-state index in [0.29, 0.717) is 17.5 Å². The summed E-state index contributed by atoms with van der Waals surface area (Å²) >= 11 is 0. The summed E-state index contributed by atoms with van der Waals surface area (Å²) in [7, 11) is 0. The molecule has 0 saturated carbocycles. The molecule has 3 heterocycles. The van der Waals surface area contributed by atoms with Gasteiger partial charge in [0.05, 0.1) is 11.0 Å². The molecule has 0 atom stereocenters. The lowest BCUT2D eigenvalue weighted by atomic mass is 9.59. The first kappa shape index (κ1) is 32.6. The standard InChI is InChI=1S/C51H39N5/c1-50(2)40-28-38-36-23-12-14-25-45(36)56(46(38)30-42(40)51(3,4)39-27-37-35-22-11-13-24-43(35)52-44(37)29-41(39)50)34-21-15-20-33(26-34)49-54-47(31-16-7-5-8-17-31)53-48(55-49)32-18-9-6-10-19-32/h5-30,52H,1-4H3. The van der Waals surface area contributed by atoms with Gasteiger partial charge in [0, 0.05) is 65.8 Å². The van der Waals surface area contributed by atoms with Crippen LogP contribution in [0.1, 0.15) is 49.9 Å². The molecule has 0 unspecified atom stereocenters. The Morgan fingerprint density at radius 1 is 0.393 bits per heavy atom. The van der Waals surface area contributed by atoms with E-state index in [1.165, 1.54) is 65.9 Å². The molecule has 0 spiro atoms. The average molecular weight is 722 g/mol. The zero-order chi connectivity index (χ0) is 37.8. The fourth-order valence-electron chi connectivity index (χ4n) is 9.27. The lowest BCUT2D eigenvalue weighted by Gasteiger charge is -2.44. The number of fused-ring (bicyclic) bond motifs is 8. The van der Waals surface area contributed by atoms with E-state index < -0.39 is 0 Å². The van der Waals surface area contributed by atoms with Gasteiger partial charge in [0.1, 0.15) is 0 Å². The zero-order valence-corrected chi connectivity index (χ0v) is 31.8. The van der Waals surface area contributed by atoms with Gasteiger partial charge in [-0.15, -0.1) is 0 Å². The second-order valence-corrected chi connectivity index (χ2v) is 16.2. The highest BCUT2D eigenvalue weighted by atomic mass is 15.0. The molecule has 268 valence electrons. The number of hydrogen-bond donors (Lipinski definition) is 1. The van der Waals surface area contributed by atoms with Crippen molar-refractivity contribution in [2.75, 3.05) is 0 Å². The first-order valence-electron chi connectivity index (χ1n) is 19.4. The van der Waals surface area contributed by atoms with E-state index in [2.05, 4.69) is 134 Å². The second-order valence-electron chi connectivity index (χ2n) is 16.2. The Morgan fingerprint density at radius 3 is 1.59 bits per heavy atom. The fourth-order valence-corrected chi connectivity index (χ4v) is 9.27. The lowest BCUT2D eigenvalue weighted by Crippen LogP contribution is -2.36. The van der Waals surface area contributed by atoms with Crippen LogP contribution in [0.2, 0.25) is 0 Å². The molecule has 5 heteroatoms. The summed E-state index contributed by atoms with van der Waals surface area (Å²) in [5.41, 5.74) is 13.7. The quantitative estimate of drug-likeness (QED) is 0.197. The van der Waals surface area contributed by atoms with Gasteiger partial charge in [0.2, 0.25) is 0 Å². The number of aromatic nitrogens is 5. The van der Waals surface area contributed by atoms with E-state index in [4.69, 9.17) is 15.0 Å². The van der Waals surface area contributed by atoms with Gasteiger partial charge in [-0.25, -0.2) is 15.0 Å². The van der Waals surface area contributed by atoms with Crippen LogP contribution in [0, 0.1) is 0 Å². The van der Waals surface area contributed by atoms with Gasteiger partial charge in [0.25, 0.3) is 0 Å². The van der Waals surface area contributed by atoms with Crippen molar-refractivity contribution in [1.82, 2.24) is 24.5 Å². The van der Waals surface area contributed by atoms with Crippen molar-refractivity contribution in [2.45, 2.75) is 38.5 Å². The van der Waals surface area contributed by atoms with Crippen LogP contribution >= 0.6 is 0 Å². The van der Waals surface area contributed by atoms with E-state index in [9.17, 15) is 0 Å². The summed E-state index contributed by atoms with van der Waals surface area (Å²) in [5, 5.41) is 5.04. The van der Waals surface area contributed by atoms with Crippen LogP contribution < -0.4 is 0 Å². The number of benzene rings is 7. The van der Waals surface area contributed by atoms with Crippen molar-refractivity contribution >= 4 is 43.6 Å². The van der Waals surface area contributed by atoms with Crippen LogP contribution in [0.4, 0.5) is 0 Å². The predicted molar refractivity (Wildman–Crippen MR) is 231 cm³/mol. The fraction of sp³-hybridized carbons (Fsp3) is 0.118. The molecule has 0 bridgehead atoms. The highest BCUT2D eigenvalue weighted by Gasteiger charge is 2.42. The lowest BCUT2D eigenvalue weighted by molar-refractivity contribution is 0.523. The number of rotatable bonds is 4. The highest BCUT2D eigenvalue weighted by Crippen LogP contribution is 2.53. The van der Waals surface area contributed by atoms with Crippen molar-refractivity contribution in [3.63, 3.8) is 0 Å². The molecule has 10 aromatic rings. The summed E-state index contributed by atoms with van der Waals surface area (Å²) < 4.78 is 2.42. The van der Waals surface area contributed by atoms with E-state index in [1.54, 1.807) is 0 Å². The molecule has 0 saturated heterocycles. The second kappa shape index (κ2) is 11.8. The molecule has 0 amide bonds. The minimum atomic E-state index is -0.239. The minimum Gasteiger partial charge on any atom is -0.355 e. The topological polar surface area (TPSA) is 59.4 Å². The Balaban J connectivity index is 1.12. The van der Waals surface area contributed by atoms with Gasteiger partial charge >= 0.3 is 0 Å². The Kier molecular flexibility index (Phi) is 6.88. The third-order valence-electron chi connectivity index (χ3n) is 12.2. The first-order chi connectivity index (χ1) is 27.3. The molecule has 1 aliphatic rings. The Bertz CT molecular complexity index is 3130. The monoisotopic (exact) mass is 721 g/mol. The van der Waals surface area contributed by atoms with Crippen LogP contribution in [0.25, 0.3) is 83.5 Å². The van der Waals surface area contributed by atoms with Crippen LogP contribution in [0.15, 0.2) is 158 Å². The Labute approximate surface area is 325 Å². The largest absolute Gasteiger partial charge is 0.355 e. The van der Waals surface area contributed by atoms with Crippen molar-refractivity contribution in [3.8, 4) is 39.9 Å². The minimum absolute atomic E-state index is 0.214. The maximum Gasteiger partial charge on any atom is 0.164 e. The van der Waals surface area contributed by atoms with Crippen molar-refractivity contribution in [2.24, 2.45) is 0 Å². The normalized spacial score (nSPS) is 14.4. The Morgan fingerprint density at radius 2 is 0.911 bits per heavy atom. The zero-order valence-electron chi connectivity index (χ0n) is 31.8. The van der Waals surface area contributed by atoms with Crippen LogP contribution in [0.3, 0.4) is 0 Å².